The van der Waals surface area contributed by atoms with Crippen LogP contribution in [0.3, 0.4) is 0 Å². The fourth-order valence-electron chi connectivity index (χ4n) is 12.0. The summed E-state index contributed by atoms with van der Waals surface area (Å²) < 4.78 is 2.36. The summed E-state index contributed by atoms with van der Waals surface area (Å²) in [4.78, 5) is 10.0. The van der Waals surface area contributed by atoms with Gasteiger partial charge in [0.1, 0.15) is 13.9 Å². The molecule has 12 rings (SSSR count). The van der Waals surface area contributed by atoms with Gasteiger partial charge in [0.25, 0.3) is 0 Å². The van der Waals surface area contributed by atoms with Gasteiger partial charge in [0.05, 0.1) is 0 Å². The molecule has 1 aliphatic heterocycles. The zero-order valence-electron chi connectivity index (χ0n) is 47.6. The number of hydrogen-bond acceptors (Lipinski definition) is 3. The van der Waals surface area contributed by atoms with Crippen LogP contribution in [0.1, 0.15) is 103 Å². The Kier molecular flexibility index (Phi) is 14.2. The molecular weight excluding hydrogens is 1170 g/mol. The minimum absolute atomic E-state index is 0. The van der Waals surface area contributed by atoms with E-state index in [2.05, 4.69) is 327 Å². The Hall–Kier alpha value is -7.56. The van der Waals surface area contributed by atoms with Crippen molar-refractivity contribution in [3.05, 3.63) is 283 Å². The van der Waals surface area contributed by atoms with Crippen LogP contribution in [0.5, 0.6) is 0 Å². The predicted octanol–water partition coefficient (Wildman–Crippen LogP) is 15.8. The Morgan fingerprint density at radius 2 is 0.912 bits per heavy atom. The number of aromatic nitrogens is 2. The van der Waals surface area contributed by atoms with E-state index in [4.69, 9.17) is 4.98 Å². The smallest absolute Gasteiger partial charge is 0.135 e. The Morgan fingerprint density at radius 3 is 1.48 bits per heavy atom. The minimum Gasteiger partial charge on any atom is -0.493 e. The van der Waals surface area contributed by atoms with Gasteiger partial charge in [0, 0.05) is 55.3 Å². The van der Waals surface area contributed by atoms with Crippen LogP contribution in [0, 0.1) is 18.8 Å². The molecule has 0 radical (unpaired) electrons. The van der Waals surface area contributed by atoms with Gasteiger partial charge in [-0.1, -0.05) is 226 Å². The maximum atomic E-state index is 5.26. The van der Waals surface area contributed by atoms with Gasteiger partial charge in [-0.05, 0) is 109 Å². The predicted molar refractivity (Wildman–Crippen MR) is 336 cm³/mol. The van der Waals surface area contributed by atoms with E-state index in [0.717, 1.165) is 61.1 Å². The van der Waals surface area contributed by atoms with E-state index in [1.807, 2.05) is 6.20 Å². The van der Waals surface area contributed by atoms with E-state index in [1.54, 1.807) is 0 Å². The summed E-state index contributed by atoms with van der Waals surface area (Å²) in [5, 5.41) is 7.12. The Balaban J connectivity index is 0.00000675. The molecule has 3 heterocycles. The molecule has 4 nitrogen and oxygen atoms in total. The molecule has 6 heteroatoms. The fraction of sp³-hybridized carbons (Fsp3) is 0.189. The molecule has 2 aromatic heterocycles. The molecule has 0 N–H and O–H groups in total. The van der Waals surface area contributed by atoms with Crippen molar-refractivity contribution in [2.75, 3.05) is 9.80 Å². The van der Waals surface area contributed by atoms with Gasteiger partial charge in [-0.15, -0.1) is 23.8 Å². The maximum absolute atomic E-state index is 5.26. The van der Waals surface area contributed by atoms with Crippen molar-refractivity contribution in [1.29, 1.82) is 0 Å². The third-order valence-electron chi connectivity index (χ3n) is 16.6. The molecule has 0 saturated carbocycles. The second kappa shape index (κ2) is 20.8. The van der Waals surface area contributed by atoms with Crippen LogP contribution in [0.2, 0.25) is 0 Å². The van der Waals surface area contributed by atoms with E-state index < -0.39 is 13.5 Å². The summed E-state index contributed by atoms with van der Waals surface area (Å²) in [5.74, 6) is 0.848. The van der Waals surface area contributed by atoms with Gasteiger partial charge in [-0.25, -0.2) is 4.98 Å². The minimum atomic E-state index is -3.34. The second-order valence-electron chi connectivity index (χ2n) is 24.8. The van der Waals surface area contributed by atoms with E-state index in [9.17, 15) is 0 Å². The fourth-order valence-corrected chi connectivity index (χ4v) is 16.6. The normalized spacial score (nSPS) is 13.2. The topological polar surface area (TPSA) is 24.3 Å². The van der Waals surface area contributed by atoms with Crippen molar-refractivity contribution in [2.24, 2.45) is 0 Å². The molecular formula is C74H69N4PtSi-3. The number of rotatable bonds is 10. The Bertz CT molecular complexity index is 3910. The molecule has 11 aromatic rings. The van der Waals surface area contributed by atoms with Gasteiger partial charge >= 0.3 is 0 Å². The number of pyridine rings is 1. The zero-order chi connectivity index (χ0) is 54.9. The van der Waals surface area contributed by atoms with Crippen molar-refractivity contribution >= 4 is 73.4 Å². The van der Waals surface area contributed by atoms with Crippen LogP contribution < -0.4 is 30.5 Å². The first kappa shape index (κ1) is 54.4. The molecule has 0 saturated heterocycles. The van der Waals surface area contributed by atoms with Crippen LogP contribution in [0.15, 0.2) is 231 Å². The molecule has 0 atom stereocenters. The Morgan fingerprint density at radius 1 is 0.412 bits per heavy atom. The first-order valence-corrected chi connectivity index (χ1v) is 29.9. The summed E-state index contributed by atoms with van der Waals surface area (Å²) in [7, 11) is -3.34. The molecule has 0 fully saturated rings. The van der Waals surface area contributed by atoms with E-state index in [-0.39, 0.29) is 37.3 Å². The van der Waals surface area contributed by atoms with Crippen molar-refractivity contribution in [3.8, 4) is 5.82 Å². The average molecular weight is 1240 g/mol. The number of para-hydroxylation sites is 3. The van der Waals surface area contributed by atoms with Crippen molar-refractivity contribution < 1.29 is 21.1 Å². The van der Waals surface area contributed by atoms with Crippen LogP contribution in [-0.2, 0) is 42.7 Å². The first-order chi connectivity index (χ1) is 37.9. The average Bonchev–Trinajstić information content (AvgIpc) is 4.09. The molecule has 0 spiro atoms. The molecule has 402 valence electrons. The largest absolute Gasteiger partial charge is 0.493 e. The van der Waals surface area contributed by atoms with Gasteiger partial charge in [0.2, 0.25) is 0 Å². The van der Waals surface area contributed by atoms with Gasteiger partial charge in [-0.3, -0.25) is 0 Å². The first-order valence-electron chi connectivity index (χ1n) is 27.9. The van der Waals surface area contributed by atoms with E-state index >= 15 is 0 Å². The van der Waals surface area contributed by atoms with Crippen LogP contribution in [-0.4, -0.2) is 17.6 Å². The summed E-state index contributed by atoms with van der Waals surface area (Å²) in [5.41, 5.74) is 13.2. The third kappa shape index (κ3) is 9.46. The summed E-state index contributed by atoms with van der Waals surface area (Å²) in [6.07, 6.45) is 1.99. The zero-order valence-corrected chi connectivity index (χ0v) is 50.9. The van der Waals surface area contributed by atoms with Gasteiger partial charge < -0.3 is 14.4 Å². The summed E-state index contributed by atoms with van der Waals surface area (Å²) in [6.45, 7) is 25.5. The molecule has 1 aliphatic rings. The summed E-state index contributed by atoms with van der Waals surface area (Å²) in [6, 6.07) is 91.6. The number of hydrogen-bond donors (Lipinski definition) is 0. The Labute approximate surface area is 490 Å². The number of nitrogens with zero attached hydrogens (tertiary/aromatic N) is 4. The number of anilines is 4. The maximum Gasteiger partial charge on any atom is 0.135 e. The number of benzene rings is 9. The van der Waals surface area contributed by atoms with Crippen molar-refractivity contribution in [2.45, 2.75) is 90.9 Å². The van der Waals surface area contributed by atoms with Gasteiger partial charge in [0.15, 0.2) is 0 Å². The van der Waals surface area contributed by atoms with Crippen LogP contribution in [0.25, 0.3) is 27.6 Å². The van der Waals surface area contributed by atoms with E-state index in [1.165, 1.54) is 43.4 Å². The van der Waals surface area contributed by atoms with Gasteiger partial charge in [-0.2, -0.15) is 46.3 Å². The second-order valence-corrected chi connectivity index (χ2v) is 28.5. The third-order valence-corrected chi connectivity index (χ3v) is 21.2. The van der Waals surface area contributed by atoms with E-state index in [0.29, 0.717) is 0 Å². The number of fused-ring (bicyclic) bond motifs is 4. The SMILES string of the molecule is CC(C)(C)c1cc(N2[CH-]N(c3cc(C(C)(C)C)cc(C(C)(C)C)c3)c3ccccc32)[c-]c([Si](c2[c-]c3c(cc2)c2ccccc2n3-c2cc(C(C)(c3ccccc3)c3ccccc3)ccn2)(c2ccccc2)c2ccccc2)c1.[Pt]. The van der Waals surface area contributed by atoms with Crippen molar-refractivity contribution in [3.63, 3.8) is 0 Å². The molecule has 0 unspecified atom stereocenters. The van der Waals surface area contributed by atoms with Crippen molar-refractivity contribution in [1.82, 2.24) is 9.55 Å². The molecule has 0 aliphatic carbocycles. The summed E-state index contributed by atoms with van der Waals surface area (Å²) >= 11 is 0. The molecule has 0 amide bonds. The standard InChI is InChI=1S/C74H69N4Si.Pt/c1-71(2,3)55-43-56(72(4,5)6)45-58(44-55)76-51-77(68-38-26-25-37-67(68)76)59-46-57(73(7,8)9)47-63(49-59)79(60-31-19-13-20-32-60,61-33-21-14-22-34-61)62-39-40-65-64-35-23-24-36-66(64)78(69(65)50-62)70-48-54(41-42-75-70)74(10,52-27-15-11-16-28-52)53-29-17-12-18-30-53;/h11-48,51H,1-10H3;/q-3;. The monoisotopic (exact) mass is 1240 g/mol. The molecule has 80 heavy (non-hydrogen) atoms. The quantitative estimate of drug-likeness (QED) is 0.0775. The molecule has 9 aromatic carbocycles. The van der Waals surface area contributed by atoms with Crippen LogP contribution in [0.4, 0.5) is 22.7 Å². The van der Waals surface area contributed by atoms with Crippen LogP contribution >= 0.6 is 0 Å². The molecule has 0 bridgehead atoms.